The second kappa shape index (κ2) is 6.35. The van der Waals surface area contributed by atoms with Crippen molar-refractivity contribution in [3.05, 3.63) is 0 Å². The third kappa shape index (κ3) is 3.25. The normalized spacial score (nSPS) is 27.7. The third-order valence-corrected chi connectivity index (χ3v) is 6.26. The van der Waals surface area contributed by atoms with E-state index in [4.69, 9.17) is 0 Å². The van der Waals surface area contributed by atoms with Crippen molar-refractivity contribution in [1.82, 2.24) is 9.62 Å². The lowest BCUT2D eigenvalue weighted by atomic mass is 9.89. The molecule has 2 aliphatic heterocycles. The zero-order valence-corrected chi connectivity index (χ0v) is 12.2. The molecule has 2 saturated heterocycles. The zero-order valence-electron chi connectivity index (χ0n) is 11.4. The Morgan fingerprint density at radius 1 is 1.22 bits per heavy atom. The number of nitrogens with one attached hydrogen (secondary N) is 1. The molecule has 1 unspecified atom stereocenters. The van der Waals surface area contributed by atoms with Crippen LogP contribution in [-0.2, 0) is 10.0 Å². The Kier molecular flexibility index (Phi) is 5.04. The van der Waals surface area contributed by atoms with Crippen molar-refractivity contribution in [3.8, 4) is 0 Å². The van der Waals surface area contributed by atoms with Crippen LogP contribution in [0, 0.1) is 5.92 Å². The Labute approximate surface area is 111 Å². The summed E-state index contributed by atoms with van der Waals surface area (Å²) in [4.78, 5) is 0. The average Bonchev–Trinajstić information content (AvgIpc) is 2.87. The highest BCUT2D eigenvalue weighted by atomic mass is 32.2. The second-order valence-corrected chi connectivity index (χ2v) is 7.62. The van der Waals surface area contributed by atoms with Gasteiger partial charge in [-0.05, 0) is 51.1 Å². The minimum atomic E-state index is -3.01. The summed E-state index contributed by atoms with van der Waals surface area (Å²) in [5, 5.41) is 3.36. The maximum Gasteiger partial charge on any atom is 0.214 e. The number of nitrogens with zero attached hydrogens (tertiary/aromatic N) is 1. The Morgan fingerprint density at radius 2 is 1.94 bits per heavy atom. The van der Waals surface area contributed by atoms with E-state index in [-0.39, 0.29) is 6.04 Å². The molecule has 1 N–H and O–H groups in total. The molecule has 0 aromatic rings. The van der Waals surface area contributed by atoms with Crippen molar-refractivity contribution in [3.63, 3.8) is 0 Å². The third-order valence-electron chi connectivity index (χ3n) is 4.29. The number of hydrogen-bond donors (Lipinski definition) is 1. The fraction of sp³-hybridized carbons (Fsp3) is 1.00. The van der Waals surface area contributed by atoms with Gasteiger partial charge >= 0.3 is 0 Å². The molecule has 0 aliphatic carbocycles. The second-order valence-electron chi connectivity index (χ2n) is 5.58. The summed E-state index contributed by atoms with van der Waals surface area (Å²) in [5.41, 5.74) is 0. The predicted octanol–water partition coefficient (Wildman–Crippen LogP) is 1.58. The topological polar surface area (TPSA) is 49.4 Å². The van der Waals surface area contributed by atoms with Crippen molar-refractivity contribution in [2.45, 2.75) is 51.5 Å². The number of piperidine rings is 1. The Morgan fingerprint density at radius 3 is 2.61 bits per heavy atom. The molecule has 1 atom stereocenters. The van der Waals surface area contributed by atoms with Crippen molar-refractivity contribution in [2.24, 2.45) is 5.92 Å². The van der Waals surface area contributed by atoms with Gasteiger partial charge in [0.2, 0.25) is 10.0 Å². The molecule has 0 aromatic heterocycles. The highest BCUT2D eigenvalue weighted by molar-refractivity contribution is 7.89. The number of rotatable bonds is 5. The molecule has 2 aliphatic rings. The fourth-order valence-corrected chi connectivity index (χ4v) is 5.24. The number of sulfonamides is 1. The van der Waals surface area contributed by atoms with E-state index in [9.17, 15) is 8.42 Å². The molecule has 2 rings (SSSR count). The van der Waals surface area contributed by atoms with E-state index >= 15 is 0 Å². The highest BCUT2D eigenvalue weighted by Crippen LogP contribution is 2.31. The van der Waals surface area contributed by atoms with Gasteiger partial charge in [0.15, 0.2) is 0 Å². The molecule has 0 amide bonds. The van der Waals surface area contributed by atoms with Crippen LogP contribution in [0.2, 0.25) is 0 Å². The van der Waals surface area contributed by atoms with Crippen molar-refractivity contribution in [2.75, 3.05) is 25.4 Å². The molecule has 106 valence electrons. The summed E-state index contributed by atoms with van der Waals surface area (Å²) in [7, 11) is -3.01. The first-order chi connectivity index (χ1) is 8.65. The molecular weight excluding hydrogens is 248 g/mol. The Bertz CT molecular complexity index is 350. The van der Waals surface area contributed by atoms with E-state index in [1.807, 2.05) is 11.2 Å². The van der Waals surface area contributed by atoms with Crippen molar-refractivity contribution >= 4 is 10.0 Å². The van der Waals surface area contributed by atoms with Gasteiger partial charge in [0.1, 0.15) is 0 Å². The van der Waals surface area contributed by atoms with Gasteiger partial charge in [-0.3, -0.25) is 0 Å². The van der Waals surface area contributed by atoms with E-state index in [1.54, 1.807) is 0 Å². The van der Waals surface area contributed by atoms with Gasteiger partial charge < -0.3 is 5.32 Å². The lowest BCUT2D eigenvalue weighted by molar-refractivity contribution is 0.235. The van der Waals surface area contributed by atoms with Gasteiger partial charge in [-0.1, -0.05) is 13.3 Å². The van der Waals surface area contributed by atoms with Crippen LogP contribution in [0.15, 0.2) is 0 Å². The standard InChI is InChI=1S/C13H26N2O2S/c1-2-3-11-18(16,17)15-10-4-5-13(15)12-6-8-14-9-7-12/h12-14H,2-11H2,1H3. The smallest absolute Gasteiger partial charge is 0.214 e. The highest BCUT2D eigenvalue weighted by Gasteiger charge is 2.38. The minimum absolute atomic E-state index is 0.286. The summed E-state index contributed by atoms with van der Waals surface area (Å²) >= 11 is 0. The number of hydrogen-bond acceptors (Lipinski definition) is 3. The molecule has 4 nitrogen and oxygen atoms in total. The summed E-state index contributed by atoms with van der Waals surface area (Å²) in [6, 6.07) is 0.286. The van der Waals surface area contributed by atoms with Gasteiger partial charge in [-0.2, -0.15) is 4.31 Å². The van der Waals surface area contributed by atoms with Crippen molar-refractivity contribution in [1.29, 1.82) is 0 Å². The molecule has 18 heavy (non-hydrogen) atoms. The lowest BCUT2D eigenvalue weighted by Crippen LogP contribution is -2.44. The summed E-state index contributed by atoms with van der Waals surface area (Å²) < 4.78 is 26.5. The first-order valence-corrected chi connectivity index (χ1v) is 8.96. The number of unbranched alkanes of at least 4 members (excludes halogenated alkanes) is 1. The predicted molar refractivity (Wildman–Crippen MR) is 74.0 cm³/mol. The van der Waals surface area contributed by atoms with Crippen LogP contribution in [0.3, 0.4) is 0 Å². The fourth-order valence-electron chi connectivity index (χ4n) is 3.26. The van der Waals surface area contributed by atoms with E-state index < -0.39 is 10.0 Å². The minimum Gasteiger partial charge on any atom is -0.317 e. The SMILES string of the molecule is CCCCS(=O)(=O)N1CCCC1C1CCNCC1. The van der Waals surface area contributed by atoms with Crippen LogP contribution >= 0.6 is 0 Å². The van der Waals surface area contributed by atoms with Crippen LogP contribution in [0.1, 0.15) is 45.4 Å². The van der Waals surface area contributed by atoms with Gasteiger partial charge in [0.25, 0.3) is 0 Å². The van der Waals surface area contributed by atoms with Gasteiger partial charge in [0, 0.05) is 12.6 Å². The quantitative estimate of drug-likeness (QED) is 0.828. The average molecular weight is 274 g/mol. The molecule has 2 fully saturated rings. The molecule has 0 aromatic carbocycles. The summed E-state index contributed by atoms with van der Waals surface area (Å²) in [6.07, 6.45) is 6.10. The molecule has 2 heterocycles. The van der Waals surface area contributed by atoms with Crippen LogP contribution in [0.25, 0.3) is 0 Å². The first-order valence-electron chi connectivity index (χ1n) is 7.35. The monoisotopic (exact) mass is 274 g/mol. The maximum atomic E-state index is 12.4. The lowest BCUT2D eigenvalue weighted by Gasteiger charge is -2.33. The molecule has 0 radical (unpaired) electrons. The van der Waals surface area contributed by atoms with E-state index in [0.717, 1.165) is 58.2 Å². The van der Waals surface area contributed by atoms with Crippen LogP contribution in [0.4, 0.5) is 0 Å². The largest absolute Gasteiger partial charge is 0.317 e. The summed E-state index contributed by atoms with van der Waals surface area (Å²) in [6.45, 7) is 4.89. The van der Waals surface area contributed by atoms with Gasteiger partial charge in [-0.25, -0.2) is 8.42 Å². The molecule has 5 heteroatoms. The molecule has 0 bridgehead atoms. The van der Waals surface area contributed by atoms with E-state index in [2.05, 4.69) is 5.32 Å². The summed E-state index contributed by atoms with van der Waals surface area (Å²) in [5.74, 6) is 0.912. The molecule has 0 spiro atoms. The Hall–Kier alpha value is -0.130. The Balaban J connectivity index is 2.02. The van der Waals surface area contributed by atoms with Gasteiger partial charge in [0.05, 0.1) is 5.75 Å². The van der Waals surface area contributed by atoms with Crippen LogP contribution in [-0.4, -0.2) is 44.2 Å². The van der Waals surface area contributed by atoms with Crippen molar-refractivity contribution < 1.29 is 8.42 Å². The maximum absolute atomic E-state index is 12.4. The van der Waals surface area contributed by atoms with E-state index in [0.29, 0.717) is 11.7 Å². The molecular formula is C13H26N2O2S. The molecule has 0 saturated carbocycles. The van der Waals surface area contributed by atoms with Crippen LogP contribution in [0.5, 0.6) is 0 Å². The first kappa shape index (κ1) is 14.3. The van der Waals surface area contributed by atoms with E-state index in [1.165, 1.54) is 0 Å². The zero-order chi connectivity index (χ0) is 13.0. The van der Waals surface area contributed by atoms with Crippen LogP contribution < -0.4 is 5.32 Å². The van der Waals surface area contributed by atoms with Gasteiger partial charge in [-0.15, -0.1) is 0 Å².